The number of hydrogen-bond acceptors (Lipinski definition) is 8. The zero-order valence-electron chi connectivity index (χ0n) is 32.6. The number of aliphatic hydroxyl groups is 2. The molecule has 0 atom stereocenters. The van der Waals surface area contributed by atoms with E-state index >= 15 is 0 Å². The van der Waals surface area contributed by atoms with Crippen LogP contribution in [0.4, 0.5) is 61.5 Å². The quantitative estimate of drug-likeness (QED) is 0.0887. The van der Waals surface area contributed by atoms with Gasteiger partial charge < -0.3 is 20.4 Å². The Morgan fingerprint density at radius 3 is 0.864 bits per heavy atom. The molecule has 0 aromatic heterocycles. The molecule has 6 rings (SSSR count). The van der Waals surface area contributed by atoms with Crippen LogP contribution in [0.2, 0.25) is 0 Å². The summed E-state index contributed by atoms with van der Waals surface area (Å²) in [7, 11) is -8.88. The van der Waals surface area contributed by atoms with Crippen LogP contribution in [-0.2, 0) is 50.0 Å². The van der Waals surface area contributed by atoms with Crippen LogP contribution in [0.3, 0.4) is 0 Å². The van der Waals surface area contributed by atoms with Gasteiger partial charge in [-0.15, -0.1) is 0 Å². The third-order valence-corrected chi connectivity index (χ3v) is 16.6. The minimum atomic E-state index is -6.13. The summed E-state index contributed by atoms with van der Waals surface area (Å²) in [5.41, 5.74) is -14.1. The topological polar surface area (TPSA) is 183 Å². The SMILES string of the molecule is O=C(O)C1CC(c2ccc(C(O)(C(F)(F)F)C(F)(F)F)cc2)(S(=O)(=O)c2ccc(F)cc2)C1.O=C(O)C1CC(c2ccc(C(O)(C(F)(F)F)C(F)(F)F)cc2)(S(=O)(=O)c2ccc(F)cc2)C1. The monoisotopic (exact) mass is 1000 g/mol. The van der Waals surface area contributed by atoms with Crippen molar-refractivity contribution in [2.45, 2.75) is 80.9 Å². The van der Waals surface area contributed by atoms with E-state index in [2.05, 4.69) is 0 Å². The molecular weight excluding hydrogens is 971 g/mol. The summed E-state index contributed by atoms with van der Waals surface area (Å²) >= 11 is 0. The van der Waals surface area contributed by atoms with Crippen molar-refractivity contribution in [2.24, 2.45) is 11.8 Å². The lowest BCUT2D eigenvalue weighted by Crippen LogP contribution is -2.54. The van der Waals surface area contributed by atoms with Crippen LogP contribution in [0.5, 0.6) is 0 Å². The molecule has 0 saturated heterocycles. The fraction of sp³-hybridized carbons (Fsp3) is 0.350. The van der Waals surface area contributed by atoms with E-state index in [1.54, 1.807) is 0 Å². The second kappa shape index (κ2) is 16.8. The van der Waals surface area contributed by atoms with Crippen molar-refractivity contribution in [1.29, 1.82) is 0 Å². The van der Waals surface area contributed by atoms with Gasteiger partial charge in [-0.1, -0.05) is 48.5 Å². The molecule has 4 aromatic rings. The molecular formula is C40H30F14O10S2. The highest BCUT2D eigenvalue weighted by Crippen LogP contribution is 2.57. The van der Waals surface area contributed by atoms with Crippen LogP contribution in [0.1, 0.15) is 47.9 Å². The van der Waals surface area contributed by atoms with Crippen LogP contribution in [-0.4, -0.2) is 73.9 Å². The van der Waals surface area contributed by atoms with Gasteiger partial charge in [0.25, 0.3) is 11.2 Å². The molecule has 0 amide bonds. The average Bonchev–Trinajstić information content (AvgIpc) is 3.15. The maximum absolute atomic E-state index is 13.3. The predicted octanol–water partition coefficient (Wildman–Crippen LogP) is 8.60. The first-order valence-corrected chi connectivity index (χ1v) is 21.3. The van der Waals surface area contributed by atoms with Crippen molar-refractivity contribution in [1.82, 2.24) is 0 Å². The minimum Gasteiger partial charge on any atom is -0.481 e. The molecule has 26 heteroatoms. The molecule has 0 heterocycles. The van der Waals surface area contributed by atoms with Gasteiger partial charge in [0.1, 0.15) is 21.1 Å². The van der Waals surface area contributed by atoms with Crippen molar-refractivity contribution in [2.75, 3.05) is 0 Å². The third kappa shape index (κ3) is 8.37. The maximum Gasteiger partial charge on any atom is 0.430 e. The van der Waals surface area contributed by atoms with Gasteiger partial charge >= 0.3 is 36.6 Å². The third-order valence-electron chi connectivity index (χ3n) is 11.6. The van der Waals surface area contributed by atoms with Gasteiger partial charge in [0, 0.05) is 11.1 Å². The summed E-state index contributed by atoms with van der Waals surface area (Å²) < 4.78 is 233. The van der Waals surface area contributed by atoms with Gasteiger partial charge in [0.15, 0.2) is 19.7 Å². The van der Waals surface area contributed by atoms with Crippen molar-refractivity contribution < 1.29 is 108 Å². The Labute approximate surface area is 363 Å². The number of halogens is 14. The van der Waals surface area contributed by atoms with Gasteiger partial charge in [-0.05, 0) is 85.3 Å². The number of sulfone groups is 2. The van der Waals surface area contributed by atoms with Crippen molar-refractivity contribution in [3.8, 4) is 0 Å². The number of alkyl halides is 12. The van der Waals surface area contributed by atoms with Crippen LogP contribution in [0, 0.1) is 23.5 Å². The van der Waals surface area contributed by atoms with E-state index in [0.717, 1.165) is 48.5 Å². The number of carboxylic acid groups (broad SMARTS) is 2. The molecule has 0 radical (unpaired) electrons. The van der Waals surface area contributed by atoms with E-state index in [9.17, 15) is 108 Å². The summed E-state index contributed by atoms with van der Waals surface area (Å²) in [4.78, 5) is 21.8. The first-order valence-electron chi connectivity index (χ1n) is 18.3. The zero-order chi connectivity index (χ0) is 50.1. The molecule has 2 aliphatic rings. The molecule has 4 aromatic carbocycles. The molecule has 0 bridgehead atoms. The molecule has 2 aliphatic carbocycles. The Bertz CT molecular complexity index is 2450. The summed E-state index contributed by atoms with van der Waals surface area (Å²) in [6.45, 7) is 0. The van der Waals surface area contributed by atoms with Crippen LogP contribution < -0.4 is 0 Å². The molecule has 360 valence electrons. The number of hydrogen-bond donors (Lipinski definition) is 4. The lowest BCUT2D eigenvalue weighted by Gasteiger charge is -2.45. The Kier molecular flexibility index (Phi) is 13.1. The van der Waals surface area contributed by atoms with E-state index in [4.69, 9.17) is 0 Å². The van der Waals surface area contributed by atoms with Gasteiger partial charge in [-0.25, -0.2) is 25.6 Å². The first kappa shape index (κ1) is 51.6. The number of carboxylic acids is 2. The van der Waals surface area contributed by atoms with Crippen LogP contribution >= 0.6 is 0 Å². The highest BCUT2D eigenvalue weighted by molar-refractivity contribution is 7.92. The maximum atomic E-state index is 13.3. The molecule has 66 heavy (non-hydrogen) atoms. The normalized spacial score (nSPS) is 22.0. The fourth-order valence-electron chi connectivity index (χ4n) is 7.73. The molecule has 2 saturated carbocycles. The van der Waals surface area contributed by atoms with E-state index < -0.39 is 147 Å². The molecule has 0 aliphatic heterocycles. The average molecular weight is 1000 g/mol. The largest absolute Gasteiger partial charge is 0.481 e. The second-order valence-corrected chi connectivity index (χ2v) is 19.9. The van der Waals surface area contributed by atoms with Crippen LogP contribution in [0.25, 0.3) is 0 Å². The fourth-order valence-corrected chi connectivity index (χ4v) is 12.2. The van der Waals surface area contributed by atoms with Gasteiger partial charge in [0.05, 0.1) is 21.6 Å². The molecule has 0 spiro atoms. The smallest absolute Gasteiger partial charge is 0.430 e. The number of benzene rings is 4. The summed E-state index contributed by atoms with van der Waals surface area (Å²) in [6.07, 6.45) is -26.6. The minimum absolute atomic E-state index is 0.264. The standard InChI is InChI=1S/2C20H15F7O5S/c2*21-14-5-7-15(8-6-14)33(31,32)17(9-11(10-17)16(28)29)12-1-3-13(4-2-12)18(30,19(22,23)24)20(25,26)27/h2*1-8,11,30H,9-10H2,(H,28,29). The van der Waals surface area contributed by atoms with Gasteiger partial charge in [0.2, 0.25) is 0 Å². The molecule has 4 N–H and O–H groups in total. The molecule has 2 fully saturated rings. The summed E-state index contributed by atoms with van der Waals surface area (Å²) in [5.74, 6) is -6.46. The van der Waals surface area contributed by atoms with E-state index in [1.807, 2.05) is 0 Å². The zero-order valence-corrected chi connectivity index (χ0v) is 34.2. The van der Waals surface area contributed by atoms with Crippen molar-refractivity contribution >= 4 is 31.6 Å². The summed E-state index contributed by atoms with van der Waals surface area (Å²) in [6, 6.07) is 10.9. The van der Waals surface area contributed by atoms with E-state index in [-0.39, 0.29) is 11.1 Å². The number of carbonyl (C=O) groups is 2. The highest BCUT2D eigenvalue weighted by Gasteiger charge is 2.73. The van der Waals surface area contributed by atoms with Crippen molar-refractivity contribution in [3.63, 3.8) is 0 Å². The first-order chi connectivity index (χ1) is 29.9. The lowest BCUT2D eigenvalue weighted by molar-refractivity contribution is -0.376. The Morgan fingerprint density at radius 2 is 0.667 bits per heavy atom. The van der Waals surface area contributed by atoms with E-state index in [1.165, 1.54) is 0 Å². The summed E-state index contributed by atoms with van der Waals surface area (Å²) in [5, 5.41) is 37.4. The molecule has 0 unspecified atom stereocenters. The van der Waals surface area contributed by atoms with Crippen LogP contribution in [0.15, 0.2) is 107 Å². The Morgan fingerprint density at radius 1 is 0.439 bits per heavy atom. The highest BCUT2D eigenvalue weighted by atomic mass is 32.2. The van der Waals surface area contributed by atoms with Gasteiger partial charge in [-0.3, -0.25) is 9.59 Å². The van der Waals surface area contributed by atoms with Gasteiger partial charge in [-0.2, -0.15) is 52.7 Å². The number of aliphatic carboxylic acids is 2. The second-order valence-electron chi connectivity index (χ2n) is 15.4. The van der Waals surface area contributed by atoms with Crippen molar-refractivity contribution in [3.05, 3.63) is 131 Å². The predicted molar refractivity (Wildman–Crippen MR) is 196 cm³/mol. The number of rotatable bonds is 10. The molecule has 10 nitrogen and oxygen atoms in total. The lowest BCUT2D eigenvalue weighted by atomic mass is 9.70. The Balaban J connectivity index is 0.000000247. The van der Waals surface area contributed by atoms with E-state index in [0.29, 0.717) is 48.5 Å². The Hall–Kier alpha value is -5.34.